The van der Waals surface area contributed by atoms with Crippen molar-refractivity contribution in [2.75, 3.05) is 11.1 Å². The molecule has 26 heavy (non-hydrogen) atoms. The zero-order valence-corrected chi connectivity index (χ0v) is 13.7. The molecule has 4 N–H and O–H groups in total. The van der Waals surface area contributed by atoms with E-state index in [1.54, 1.807) is 0 Å². The van der Waals surface area contributed by atoms with Gasteiger partial charge in [0, 0.05) is 16.6 Å². The number of hydrogen-bond acceptors (Lipinski definition) is 5. The number of aromatic nitrogens is 5. The van der Waals surface area contributed by atoms with E-state index in [-0.39, 0.29) is 0 Å². The van der Waals surface area contributed by atoms with Crippen molar-refractivity contribution in [3.05, 3.63) is 66.7 Å². The van der Waals surface area contributed by atoms with Crippen LogP contribution >= 0.6 is 0 Å². The summed E-state index contributed by atoms with van der Waals surface area (Å²) < 4.78 is 1.83. The Kier molecular flexibility index (Phi) is 3.11. The second-order valence-electron chi connectivity index (χ2n) is 5.98. The van der Waals surface area contributed by atoms with E-state index < -0.39 is 0 Å². The molecule has 7 nitrogen and oxygen atoms in total. The molecule has 0 aliphatic carbocycles. The molecule has 0 atom stereocenters. The first-order valence-electron chi connectivity index (χ1n) is 8.20. The summed E-state index contributed by atoms with van der Waals surface area (Å²) in [6.07, 6.45) is 0. The fourth-order valence-corrected chi connectivity index (χ4v) is 3.03. The van der Waals surface area contributed by atoms with Crippen LogP contribution in [0.15, 0.2) is 66.7 Å². The van der Waals surface area contributed by atoms with Crippen LogP contribution in [0, 0.1) is 0 Å². The van der Waals surface area contributed by atoms with E-state index in [2.05, 4.69) is 25.6 Å². The molecule has 0 bridgehead atoms. The van der Waals surface area contributed by atoms with Crippen LogP contribution in [-0.4, -0.2) is 24.8 Å². The Balaban J connectivity index is 1.60. The zero-order valence-electron chi connectivity index (χ0n) is 13.7. The SMILES string of the molecule is Nc1n[nH]c2cc(-c3cccc4nc(Nc5ccccc5)nn34)ccc12. The lowest BCUT2D eigenvalue weighted by atomic mass is 10.1. The molecule has 5 rings (SSSR count). The van der Waals surface area contributed by atoms with Gasteiger partial charge in [0.25, 0.3) is 0 Å². The quantitative estimate of drug-likeness (QED) is 0.466. The lowest BCUT2D eigenvalue weighted by Crippen LogP contribution is -1.95. The molecule has 0 saturated carbocycles. The highest BCUT2D eigenvalue weighted by Gasteiger charge is 2.11. The first kappa shape index (κ1) is 14.5. The second kappa shape index (κ2) is 5.59. The Morgan fingerprint density at radius 3 is 2.73 bits per heavy atom. The van der Waals surface area contributed by atoms with Gasteiger partial charge in [0.15, 0.2) is 11.5 Å². The molecule has 0 spiro atoms. The number of para-hydroxylation sites is 1. The van der Waals surface area contributed by atoms with E-state index in [9.17, 15) is 0 Å². The molecule has 126 valence electrons. The first-order valence-corrected chi connectivity index (χ1v) is 8.20. The lowest BCUT2D eigenvalue weighted by molar-refractivity contribution is 0.974. The molecule has 0 radical (unpaired) electrons. The molecule has 3 heterocycles. The molecule has 5 aromatic rings. The summed E-state index contributed by atoms with van der Waals surface area (Å²) >= 11 is 0. The van der Waals surface area contributed by atoms with E-state index >= 15 is 0 Å². The third kappa shape index (κ3) is 2.34. The van der Waals surface area contributed by atoms with Crippen LogP contribution in [0.4, 0.5) is 17.5 Å². The van der Waals surface area contributed by atoms with E-state index in [0.29, 0.717) is 11.8 Å². The minimum absolute atomic E-state index is 0.500. The summed E-state index contributed by atoms with van der Waals surface area (Å²) in [6.45, 7) is 0. The third-order valence-electron chi connectivity index (χ3n) is 4.28. The highest BCUT2D eigenvalue weighted by Crippen LogP contribution is 2.26. The minimum atomic E-state index is 0.500. The highest BCUT2D eigenvalue weighted by molar-refractivity contribution is 5.91. The molecule has 0 aliphatic rings. The summed E-state index contributed by atoms with van der Waals surface area (Å²) in [5.74, 6) is 1.05. The van der Waals surface area contributed by atoms with Gasteiger partial charge in [-0.2, -0.15) is 10.1 Å². The van der Waals surface area contributed by atoms with Crippen molar-refractivity contribution in [2.45, 2.75) is 0 Å². The normalized spacial score (nSPS) is 11.2. The maximum absolute atomic E-state index is 5.85. The van der Waals surface area contributed by atoms with Crippen molar-refractivity contribution in [1.29, 1.82) is 0 Å². The maximum Gasteiger partial charge on any atom is 0.247 e. The summed E-state index contributed by atoms with van der Waals surface area (Å²) in [7, 11) is 0. The van der Waals surface area contributed by atoms with Gasteiger partial charge in [0.2, 0.25) is 5.95 Å². The first-order chi connectivity index (χ1) is 12.8. The Bertz CT molecular complexity index is 1220. The average molecular weight is 341 g/mol. The zero-order chi connectivity index (χ0) is 17.5. The summed E-state index contributed by atoms with van der Waals surface area (Å²) in [5, 5.41) is 15.8. The van der Waals surface area contributed by atoms with Gasteiger partial charge in [0.1, 0.15) is 0 Å². The molecule has 0 aliphatic heterocycles. The van der Waals surface area contributed by atoms with Crippen LogP contribution in [0.1, 0.15) is 0 Å². The van der Waals surface area contributed by atoms with Crippen LogP contribution in [0.3, 0.4) is 0 Å². The molecule has 0 unspecified atom stereocenters. The number of hydrogen-bond donors (Lipinski definition) is 3. The van der Waals surface area contributed by atoms with Crippen LogP contribution in [0.25, 0.3) is 27.8 Å². The van der Waals surface area contributed by atoms with Gasteiger partial charge in [-0.15, -0.1) is 5.10 Å². The predicted molar refractivity (Wildman–Crippen MR) is 102 cm³/mol. The number of nitrogen functional groups attached to an aromatic ring is 1. The molecule has 0 fully saturated rings. The number of nitrogens with one attached hydrogen (secondary N) is 2. The van der Waals surface area contributed by atoms with Gasteiger partial charge in [-0.25, -0.2) is 4.52 Å². The number of H-pyrrole nitrogens is 1. The van der Waals surface area contributed by atoms with Crippen LogP contribution in [0.2, 0.25) is 0 Å². The van der Waals surface area contributed by atoms with E-state index in [4.69, 9.17) is 5.73 Å². The number of pyridine rings is 1. The number of nitrogens with zero attached hydrogens (tertiary/aromatic N) is 4. The summed E-state index contributed by atoms with van der Waals surface area (Å²) in [4.78, 5) is 4.56. The molecule has 2 aromatic carbocycles. The van der Waals surface area contributed by atoms with Crippen LogP contribution < -0.4 is 11.1 Å². The van der Waals surface area contributed by atoms with Crippen molar-refractivity contribution in [3.8, 4) is 11.3 Å². The van der Waals surface area contributed by atoms with Crippen molar-refractivity contribution in [1.82, 2.24) is 24.8 Å². The van der Waals surface area contributed by atoms with Crippen molar-refractivity contribution in [2.24, 2.45) is 0 Å². The molecule has 7 heteroatoms. The molecule has 3 aromatic heterocycles. The van der Waals surface area contributed by atoms with Crippen LogP contribution in [-0.2, 0) is 0 Å². The maximum atomic E-state index is 5.85. The number of rotatable bonds is 3. The van der Waals surface area contributed by atoms with Crippen molar-refractivity contribution in [3.63, 3.8) is 0 Å². The average Bonchev–Trinajstić information content (AvgIpc) is 3.25. The third-order valence-corrected chi connectivity index (χ3v) is 4.28. The van der Waals surface area contributed by atoms with E-state index in [1.807, 2.05) is 71.2 Å². The number of fused-ring (bicyclic) bond motifs is 2. The Morgan fingerprint density at radius 1 is 0.962 bits per heavy atom. The lowest BCUT2D eigenvalue weighted by Gasteiger charge is -2.04. The molecule has 0 saturated heterocycles. The van der Waals surface area contributed by atoms with Gasteiger partial charge in [-0.05, 0) is 36.4 Å². The number of aromatic amines is 1. The molecular weight excluding hydrogens is 326 g/mol. The van der Waals surface area contributed by atoms with Crippen molar-refractivity contribution >= 4 is 34.0 Å². The summed E-state index contributed by atoms with van der Waals surface area (Å²) in [6, 6.07) is 21.7. The van der Waals surface area contributed by atoms with E-state index in [1.165, 1.54) is 0 Å². The topological polar surface area (TPSA) is 96.9 Å². The van der Waals surface area contributed by atoms with Gasteiger partial charge in [0.05, 0.1) is 11.2 Å². The second-order valence-corrected chi connectivity index (χ2v) is 5.98. The fourth-order valence-electron chi connectivity index (χ4n) is 3.03. The number of nitrogens with two attached hydrogens (primary N) is 1. The molecule has 0 amide bonds. The van der Waals surface area contributed by atoms with E-state index in [0.717, 1.165) is 33.5 Å². The van der Waals surface area contributed by atoms with Gasteiger partial charge in [-0.1, -0.05) is 30.3 Å². The fraction of sp³-hybridized carbons (Fsp3) is 0. The standard InChI is InChI=1S/C19H15N7/c20-18-14-10-9-12(11-15(14)23-24-18)16-7-4-8-17-22-19(25-26(16)17)21-13-5-2-1-3-6-13/h1-11H,(H,21,25)(H3,20,23,24). The largest absolute Gasteiger partial charge is 0.382 e. The molecular formula is C19H15N7. The number of anilines is 3. The van der Waals surface area contributed by atoms with Crippen LogP contribution in [0.5, 0.6) is 0 Å². The van der Waals surface area contributed by atoms with Gasteiger partial charge in [-0.3, -0.25) is 5.10 Å². The predicted octanol–water partition coefficient (Wildman–Crippen LogP) is 3.60. The minimum Gasteiger partial charge on any atom is -0.382 e. The number of benzene rings is 2. The van der Waals surface area contributed by atoms with Crippen molar-refractivity contribution < 1.29 is 0 Å². The Hall–Kier alpha value is -3.87. The Morgan fingerprint density at radius 2 is 1.85 bits per heavy atom. The summed E-state index contributed by atoms with van der Waals surface area (Å²) in [5.41, 5.74) is 10.4. The van der Waals surface area contributed by atoms with Gasteiger partial charge < -0.3 is 11.1 Å². The smallest absolute Gasteiger partial charge is 0.247 e. The Labute approximate surface area is 148 Å². The van der Waals surface area contributed by atoms with Gasteiger partial charge >= 0.3 is 0 Å². The highest BCUT2D eigenvalue weighted by atomic mass is 15.4. The monoisotopic (exact) mass is 341 g/mol.